The van der Waals surface area contributed by atoms with Crippen molar-refractivity contribution in [3.8, 4) is 17.2 Å². The zero-order valence-corrected chi connectivity index (χ0v) is 23.8. The number of methoxy groups -OCH3 is 2. The highest BCUT2D eigenvalue weighted by Crippen LogP contribution is 2.31. The van der Waals surface area contributed by atoms with Crippen LogP contribution in [0, 0.1) is 0 Å². The fraction of sp³-hybridized carbons (Fsp3) is 0.269. The lowest BCUT2D eigenvalue weighted by atomic mass is 10.2. The molecule has 0 aliphatic carbocycles. The molecule has 11 nitrogen and oxygen atoms in total. The maximum atomic E-state index is 13.0. The van der Waals surface area contributed by atoms with Crippen molar-refractivity contribution in [3.63, 3.8) is 0 Å². The Morgan fingerprint density at radius 1 is 0.897 bits per heavy atom. The van der Waals surface area contributed by atoms with E-state index in [0.717, 1.165) is 10.6 Å². The van der Waals surface area contributed by atoms with Crippen LogP contribution in [0.4, 0.5) is 17.1 Å². The van der Waals surface area contributed by atoms with Gasteiger partial charge in [-0.15, -0.1) is 0 Å². The minimum Gasteiger partial charge on any atom is -0.497 e. The van der Waals surface area contributed by atoms with E-state index in [1.54, 1.807) is 36.4 Å². The van der Waals surface area contributed by atoms with Gasteiger partial charge in [0.2, 0.25) is 15.9 Å². The van der Waals surface area contributed by atoms with Gasteiger partial charge in [0.15, 0.2) is 0 Å². The summed E-state index contributed by atoms with van der Waals surface area (Å²) < 4.78 is 70.3. The third kappa shape index (κ3) is 7.33. The second-order valence-corrected chi connectivity index (χ2v) is 11.9. The molecule has 13 heteroatoms. The quantitative estimate of drug-likeness (QED) is 0.332. The fourth-order valence-corrected chi connectivity index (χ4v) is 5.96. The van der Waals surface area contributed by atoms with Crippen molar-refractivity contribution in [2.45, 2.75) is 24.8 Å². The van der Waals surface area contributed by atoms with Gasteiger partial charge in [0.05, 0.1) is 43.4 Å². The van der Waals surface area contributed by atoms with Crippen LogP contribution in [-0.4, -0.2) is 55.9 Å². The van der Waals surface area contributed by atoms with Crippen LogP contribution in [0.25, 0.3) is 0 Å². The highest BCUT2D eigenvalue weighted by molar-refractivity contribution is 7.92. The predicted octanol–water partition coefficient (Wildman–Crippen LogP) is 3.70. The van der Waals surface area contributed by atoms with Crippen LogP contribution in [0.2, 0.25) is 0 Å². The molecule has 210 valence electrons. The van der Waals surface area contributed by atoms with E-state index in [9.17, 15) is 21.6 Å². The predicted molar refractivity (Wildman–Crippen MR) is 150 cm³/mol. The molecule has 0 saturated carbocycles. The summed E-state index contributed by atoms with van der Waals surface area (Å²) in [5.74, 6) is 0.708. The number of sulfonamides is 2. The highest BCUT2D eigenvalue weighted by atomic mass is 32.2. The number of ether oxygens (including phenoxy) is 3. The Labute approximate surface area is 228 Å². The van der Waals surface area contributed by atoms with E-state index in [-0.39, 0.29) is 16.3 Å². The normalized spacial score (nSPS) is 12.2. The third-order valence-corrected chi connectivity index (χ3v) is 8.20. The van der Waals surface area contributed by atoms with Gasteiger partial charge in [-0.25, -0.2) is 16.8 Å². The molecule has 3 aromatic rings. The zero-order chi connectivity index (χ0) is 28.8. The van der Waals surface area contributed by atoms with E-state index in [1.807, 2.05) is 6.92 Å². The van der Waals surface area contributed by atoms with Crippen molar-refractivity contribution in [1.29, 1.82) is 0 Å². The molecule has 0 aromatic heterocycles. The molecular weight excluding hydrogens is 546 g/mol. The van der Waals surface area contributed by atoms with Crippen LogP contribution in [0.3, 0.4) is 0 Å². The largest absolute Gasteiger partial charge is 0.497 e. The summed E-state index contributed by atoms with van der Waals surface area (Å²) >= 11 is 0. The van der Waals surface area contributed by atoms with Crippen molar-refractivity contribution in [3.05, 3.63) is 66.7 Å². The lowest BCUT2D eigenvalue weighted by molar-refractivity contribution is -0.116. The Kier molecular flexibility index (Phi) is 9.30. The molecule has 0 aliphatic rings. The van der Waals surface area contributed by atoms with Gasteiger partial charge in [-0.3, -0.25) is 13.8 Å². The topological polar surface area (TPSA) is 140 Å². The molecular formula is C26H31N3O8S2. The lowest BCUT2D eigenvalue weighted by Crippen LogP contribution is -2.45. The summed E-state index contributed by atoms with van der Waals surface area (Å²) in [6.45, 7) is 3.75. The number of nitrogens with one attached hydrogen (secondary N) is 2. The maximum Gasteiger partial charge on any atom is 0.262 e. The average molecular weight is 578 g/mol. The Bertz CT molecular complexity index is 1510. The summed E-state index contributed by atoms with van der Waals surface area (Å²) in [6, 6.07) is 15.4. The minimum atomic E-state index is -4.01. The van der Waals surface area contributed by atoms with Gasteiger partial charge < -0.3 is 19.5 Å². The molecule has 0 heterocycles. The van der Waals surface area contributed by atoms with E-state index in [4.69, 9.17) is 14.2 Å². The fourth-order valence-electron chi connectivity index (χ4n) is 3.73. The Hall–Kier alpha value is -3.97. The van der Waals surface area contributed by atoms with Gasteiger partial charge in [-0.05, 0) is 74.5 Å². The first-order valence-electron chi connectivity index (χ1n) is 11.8. The van der Waals surface area contributed by atoms with E-state index in [0.29, 0.717) is 29.5 Å². The molecule has 2 N–H and O–H groups in total. The number of amides is 1. The number of hydrogen-bond donors (Lipinski definition) is 2. The number of benzene rings is 3. The number of carbonyl (C=O) groups is 1. The second-order valence-electron chi connectivity index (χ2n) is 8.35. The maximum absolute atomic E-state index is 13.0. The van der Waals surface area contributed by atoms with Gasteiger partial charge in [0.25, 0.3) is 10.0 Å². The first kappa shape index (κ1) is 29.6. The minimum absolute atomic E-state index is 0.0643. The van der Waals surface area contributed by atoms with Crippen LogP contribution >= 0.6 is 0 Å². The Balaban J connectivity index is 1.77. The Morgan fingerprint density at radius 3 is 2.05 bits per heavy atom. The standard InChI is InChI=1S/C26H31N3O8S2/c1-6-37-21-11-9-20(10-12-21)29(38(5,31)32)18(2)26(30)27-19-7-14-23(15-8-19)39(33,34)28-24-17-22(35-3)13-16-25(24)36-4/h7-18,28H,6H2,1-5H3,(H,27,30)/t18-/m1/s1. The molecule has 0 saturated heterocycles. The SMILES string of the molecule is CCOc1ccc(N([C@H](C)C(=O)Nc2ccc(S(=O)(=O)Nc3cc(OC)ccc3OC)cc2)S(C)(=O)=O)cc1. The van der Waals surface area contributed by atoms with E-state index < -0.39 is 32.0 Å². The molecule has 0 aliphatic heterocycles. The van der Waals surface area contributed by atoms with E-state index in [2.05, 4.69) is 10.0 Å². The first-order chi connectivity index (χ1) is 18.4. The summed E-state index contributed by atoms with van der Waals surface area (Å²) in [7, 11) is -4.95. The number of nitrogens with zero attached hydrogens (tertiary/aromatic N) is 1. The van der Waals surface area contributed by atoms with Crippen LogP contribution in [0.1, 0.15) is 13.8 Å². The molecule has 0 radical (unpaired) electrons. The highest BCUT2D eigenvalue weighted by Gasteiger charge is 2.29. The number of hydrogen-bond acceptors (Lipinski definition) is 8. The van der Waals surface area contributed by atoms with Crippen molar-refractivity contribution >= 4 is 43.0 Å². The summed E-state index contributed by atoms with van der Waals surface area (Å²) in [6.07, 6.45) is 1.01. The smallest absolute Gasteiger partial charge is 0.262 e. The molecule has 39 heavy (non-hydrogen) atoms. The van der Waals surface area contributed by atoms with Gasteiger partial charge >= 0.3 is 0 Å². The molecule has 1 amide bonds. The average Bonchev–Trinajstić information content (AvgIpc) is 2.89. The van der Waals surface area contributed by atoms with Crippen molar-refractivity contribution in [2.75, 3.05) is 41.4 Å². The monoisotopic (exact) mass is 577 g/mol. The van der Waals surface area contributed by atoms with Gasteiger partial charge in [0, 0.05) is 11.8 Å². The molecule has 0 unspecified atom stereocenters. The van der Waals surface area contributed by atoms with Crippen LogP contribution < -0.4 is 28.6 Å². The van der Waals surface area contributed by atoms with E-state index >= 15 is 0 Å². The van der Waals surface area contributed by atoms with Gasteiger partial charge in [0.1, 0.15) is 23.3 Å². The van der Waals surface area contributed by atoms with Crippen LogP contribution in [0.15, 0.2) is 71.6 Å². The lowest BCUT2D eigenvalue weighted by Gasteiger charge is -2.28. The van der Waals surface area contributed by atoms with Crippen LogP contribution in [0.5, 0.6) is 17.2 Å². The molecule has 3 aromatic carbocycles. The molecule has 1 atom stereocenters. The van der Waals surface area contributed by atoms with Gasteiger partial charge in [-0.2, -0.15) is 0 Å². The number of carbonyl (C=O) groups excluding carboxylic acids is 1. The summed E-state index contributed by atoms with van der Waals surface area (Å²) in [5, 5.41) is 2.64. The molecule has 0 bridgehead atoms. The summed E-state index contributed by atoms with van der Waals surface area (Å²) in [5.41, 5.74) is 0.771. The van der Waals surface area contributed by atoms with Crippen molar-refractivity contribution < 1.29 is 35.8 Å². The van der Waals surface area contributed by atoms with Crippen molar-refractivity contribution in [2.24, 2.45) is 0 Å². The van der Waals surface area contributed by atoms with Gasteiger partial charge in [-0.1, -0.05) is 0 Å². The van der Waals surface area contributed by atoms with Crippen molar-refractivity contribution in [1.82, 2.24) is 0 Å². The third-order valence-electron chi connectivity index (χ3n) is 5.57. The number of rotatable bonds is 12. The molecule has 0 fully saturated rings. The molecule has 3 rings (SSSR count). The van der Waals surface area contributed by atoms with E-state index in [1.165, 1.54) is 51.5 Å². The first-order valence-corrected chi connectivity index (χ1v) is 15.1. The second kappa shape index (κ2) is 12.3. The zero-order valence-electron chi connectivity index (χ0n) is 22.2. The Morgan fingerprint density at radius 2 is 1.51 bits per heavy atom. The number of anilines is 3. The molecule has 0 spiro atoms. The van der Waals surface area contributed by atoms with Crippen LogP contribution in [-0.2, 0) is 24.8 Å². The summed E-state index contributed by atoms with van der Waals surface area (Å²) in [4.78, 5) is 12.9.